The van der Waals surface area contributed by atoms with Crippen molar-refractivity contribution >= 4 is 23.0 Å². The van der Waals surface area contributed by atoms with Crippen LogP contribution in [-0.2, 0) is 4.74 Å². The van der Waals surface area contributed by atoms with Gasteiger partial charge in [-0.3, -0.25) is 10.1 Å². The number of nitriles is 1. The lowest BCUT2D eigenvalue weighted by molar-refractivity contribution is -0.384. The van der Waals surface area contributed by atoms with Crippen molar-refractivity contribution in [1.82, 2.24) is 0 Å². The maximum atomic E-state index is 11.5. The quantitative estimate of drug-likeness (QED) is 0.610. The summed E-state index contributed by atoms with van der Waals surface area (Å²) in [6.45, 7) is 2.86. The highest BCUT2D eigenvalue weighted by Crippen LogP contribution is 2.35. The topological polar surface area (TPSA) is 79.4 Å². The molecule has 0 aliphatic carbocycles. The van der Waals surface area contributed by atoms with Gasteiger partial charge in [0, 0.05) is 23.7 Å². The first-order valence-corrected chi connectivity index (χ1v) is 8.19. The highest BCUT2D eigenvalue weighted by molar-refractivity contribution is 6.30. The van der Waals surface area contributed by atoms with Crippen LogP contribution in [-0.4, -0.2) is 24.1 Å². The van der Waals surface area contributed by atoms with E-state index in [0.717, 1.165) is 5.56 Å². The van der Waals surface area contributed by atoms with Gasteiger partial charge in [-0.1, -0.05) is 23.7 Å². The summed E-state index contributed by atoms with van der Waals surface area (Å²) in [6.07, 6.45) is -0.231. The Labute approximate surface area is 150 Å². The lowest BCUT2D eigenvalue weighted by Crippen LogP contribution is -2.45. The second-order valence-electron chi connectivity index (χ2n) is 5.95. The van der Waals surface area contributed by atoms with E-state index in [1.54, 1.807) is 18.2 Å². The molecule has 2 unspecified atom stereocenters. The molecule has 3 rings (SSSR count). The molecule has 0 amide bonds. The molecule has 0 aromatic heterocycles. The average molecular weight is 358 g/mol. The first kappa shape index (κ1) is 17.2. The predicted octanol–water partition coefficient (Wildman–Crippen LogP) is 4.09. The van der Waals surface area contributed by atoms with Gasteiger partial charge in [0.15, 0.2) is 0 Å². The number of anilines is 1. The summed E-state index contributed by atoms with van der Waals surface area (Å²) in [5, 5.41) is 21.1. The molecule has 1 heterocycles. The van der Waals surface area contributed by atoms with E-state index in [1.807, 2.05) is 36.1 Å². The van der Waals surface area contributed by atoms with Gasteiger partial charge in [0.05, 0.1) is 23.2 Å². The van der Waals surface area contributed by atoms with E-state index in [9.17, 15) is 10.1 Å². The number of nitrogens with zero attached hydrogens (tertiary/aromatic N) is 3. The molecule has 0 radical (unpaired) electrons. The number of benzene rings is 2. The Balaban J connectivity index is 1.96. The van der Waals surface area contributed by atoms with E-state index in [0.29, 0.717) is 23.9 Å². The van der Waals surface area contributed by atoms with Gasteiger partial charge in [-0.15, -0.1) is 0 Å². The molecular weight excluding hydrogens is 342 g/mol. The SMILES string of the molecule is CC1COC(c2cccc(Cl)c2)CN1c1ccc(C#N)cc1[N+](=O)[O-]. The maximum absolute atomic E-state index is 11.5. The van der Waals surface area contributed by atoms with Crippen molar-refractivity contribution in [3.05, 3.63) is 68.7 Å². The molecular formula is C18H16ClN3O3. The van der Waals surface area contributed by atoms with Crippen LogP contribution in [0.4, 0.5) is 11.4 Å². The molecule has 128 valence electrons. The van der Waals surface area contributed by atoms with Gasteiger partial charge >= 0.3 is 0 Å². The molecule has 6 nitrogen and oxygen atoms in total. The maximum Gasteiger partial charge on any atom is 0.293 e. The molecule has 0 bridgehead atoms. The number of nitro benzene ring substituents is 1. The van der Waals surface area contributed by atoms with Crippen LogP contribution >= 0.6 is 11.6 Å². The van der Waals surface area contributed by atoms with Crippen molar-refractivity contribution in [3.63, 3.8) is 0 Å². The molecule has 0 spiro atoms. The van der Waals surface area contributed by atoms with E-state index >= 15 is 0 Å². The van der Waals surface area contributed by atoms with E-state index in [1.165, 1.54) is 6.07 Å². The second kappa shape index (κ2) is 7.09. The summed E-state index contributed by atoms with van der Waals surface area (Å²) in [7, 11) is 0. The normalized spacial score (nSPS) is 20.1. The minimum Gasteiger partial charge on any atom is -0.370 e. The Morgan fingerprint density at radius 2 is 2.16 bits per heavy atom. The van der Waals surface area contributed by atoms with Crippen LogP contribution in [0.2, 0.25) is 5.02 Å². The number of nitro groups is 1. The van der Waals surface area contributed by atoms with Crippen LogP contribution in [0.1, 0.15) is 24.2 Å². The van der Waals surface area contributed by atoms with Crippen molar-refractivity contribution in [3.8, 4) is 6.07 Å². The molecule has 0 N–H and O–H groups in total. The monoisotopic (exact) mass is 357 g/mol. The second-order valence-corrected chi connectivity index (χ2v) is 6.39. The summed E-state index contributed by atoms with van der Waals surface area (Å²) in [5.74, 6) is 0. The number of hydrogen-bond donors (Lipinski definition) is 0. The zero-order valence-electron chi connectivity index (χ0n) is 13.6. The fraction of sp³-hybridized carbons (Fsp3) is 0.278. The van der Waals surface area contributed by atoms with Crippen molar-refractivity contribution in [2.24, 2.45) is 0 Å². The molecule has 0 saturated carbocycles. The molecule has 7 heteroatoms. The van der Waals surface area contributed by atoms with Crippen molar-refractivity contribution in [2.75, 3.05) is 18.1 Å². The van der Waals surface area contributed by atoms with Crippen LogP contribution in [0.5, 0.6) is 0 Å². The highest BCUT2D eigenvalue weighted by Gasteiger charge is 2.31. The lowest BCUT2D eigenvalue weighted by Gasteiger charge is -2.39. The van der Waals surface area contributed by atoms with E-state index < -0.39 is 4.92 Å². The molecule has 2 aromatic rings. The molecule has 1 saturated heterocycles. The van der Waals surface area contributed by atoms with Crippen LogP contribution in [0.15, 0.2) is 42.5 Å². The molecule has 25 heavy (non-hydrogen) atoms. The third-order valence-electron chi connectivity index (χ3n) is 4.26. The number of hydrogen-bond acceptors (Lipinski definition) is 5. The van der Waals surface area contributed by atoms with Crippen molar-refractivity contribution in [2.45, 2.75) is 19.1 Å². The van der Waals surface area contributed by atoms with Crippen LogP contribution in [0.25, 0.3) is 0 Å². The highest BCUT2D eigenvalue weighted by atomic mass is 35.5. The molecule has 1 aliphatic rings. The Morgan fingerprint density at radius 1 is 1.36 bits per heavy atom. The number of rotatable bonds is 3. The van der Waals surface area contributed by atoms with E-state index in [-0.39, 0.29) is 23.4 Å². The summed E-state index contributed by atoms with van der Waals surface area (Å²) >= 11 is 6.06. The lowest BCUT2D eigenvalue weighted by atomic mass is 10.0. The van der Waals surface area contributed by atoms with Crippen LogP contribution in [0, 0.1) is 21.4 Å². The van der Waals surface area contributed by atoms with E-state index in [2.05, 4.69) is 0 Å². The molecule has 2 aromatic carbocycles. The standard InChI is InChI=1S/C18H16ClN3O3/c1-12-11-25-18(14-3-2-4-15(19)8-14)10-21(12)16-6-5-13(9-20)7-17(16)22(23)24/h2-8,12,18H,10-11H2,1H3. The number of halogens is 1. The average Bonchev–Trinajstić information content (AvgIpc) is 2.61. The van der Waals surface area contributed by atoms with Gasteiger partial charge in [-0.05, 0) is 36.8 Å². The third kappa shape index (κ3) is 3.58. The Kier molecular flexibility index (Phi) is 4.88. The van der Waals surface area contributed by atoms with Gasteiger partial charge in [0.1, 0.15) is 11.8 Å². The Bertz CT molecular complexity index is 850. The summed E-state index contributed by atoms with van der Waals surface area (Å²) in [5.41, 5.74) is 1.62. The van der Waals surface area contributed by atoms with Gasteiger partial charge < -0.3 is 9.64 Å². The first-order valence-electron chi connectivity index (χ1n) is 7.82. The van der Waals surface area contributed by atoms with Crippen molar-refractivity contribution in [1.29, 1.82) is 5.26 Å². The van der Waals surface area contributed by atoms with Crippen LogP contribution < -0.4 is 4.90 Å². The first-order chi connectivity index (χ1) is 12.0. The Hall–Kier alpha value is -2.62. The summed E-state index contributed by atoms with van der Waals surface area (Å²) < 4.78 is 5.91. The largest absolute Gasteiger partial charge is 0.370 e. The van der Waals surface area contributed by atoms with Gasteiger partial charge in [0.2, 0.25) is 0 Å². The number of morpholine rings is 1. The minimum absolute atomic E-state index is 0.0259. The summed E-state index contributed by atoms with van der Waals surface area (Å²) in [4.78, 5) is 13.0. The Morgan fingerprint density at radius 3 is 2.84 bits per heavy atom. The molecule has 1 fully saturated rings. The minimum atomic E-state index is -0.452. The predicted molar refractivity (Wildman–Crippen MR) is 94.8 cm³/mol. The van der Waals surface area contributed by atoms with Crippen LogP contribution in [0.3, 0.4) is 0 Å². The van der Waals surface area contributed by atoms with Gasteiger partial charge in [-0.2, -0.15) is 5.26 Å². The molecule has 1 aliphatic heterocycles. The van der Waals surface area contributed by atoms with E-state index in [4.69, 9.17) is 21.6 Å². The van der Waals surface area contributed by atoms with Crippen molar-refractivity contribution < 1.29 is 9.66 Å². The molecule has 2 atom stereocenters. The zero-order chi connectivity index (χ0) is 18.0. The number of ether oxygens (including phenoxy) is 1. The van der Waals surface area contributed by atoms with Gasteiger partial charge in [-0.25, -0.2) is 0 Å². The van der Waals surface area contributed by atoms with Gasteiger partial charge in [0.25, 0.3) is 5.69 Å². The fourth-order valence-corrected chi connectivity index (χ4v) is 3.18. The third-order valence-corrected chi connectivity index (χ3v) is 4.50. The summed E-state index contributed by atoms with van der Waals surface area (Å²) in [6, 6.07) is 13.9. The fourth-order valence-electron chi connectivity index (χ4n) is 2.98. The zero-order valence-corrected chi connectivity index (χ0v) is 14.3. The smallest absolute Gasteiger partial charge is 0.293 e.